The van der Waals surface area contributed by atoms with Crippen LogP contribution in [0.3, 0.4) is 0 Å². The molecule has 3 N–H and O–H groups in total. The van der Waals surface area contributed by atoms with Crippen molar-refractivity contribution >= 4 is 10.9 Å². The molecule has 4 nitrogen and oxygen atoms in total. The lowest BCUT2D eigenvalue weighted by atomic mass is 10.1. The van der Waals surface area contributed by atoms with E-state index in [1.807, 2.05) is 6.07 Å². The van der Waals surface area contributed by atoms with E-state index < -0.39 is 0 Å². The fourth-order valence-corrected chi connectivity index (χ4v) is 2.39. The van der Waals surface area contributed by atoms with E-state index in [1.165, 1.54) is 16.5 Å². The van der Waals surface area contributed by atoms with Gasteiger partial charge in [0.1, 0.15) is 5.75 Å². The van der Waals surface area contributed by atoms with E-state index in [0.29, 0.717) is 6.54 Å². The third kappa shape index (κ3) is 3.08. The molecular formula is C15H22N2O2. The van der Waals surface area contributed by atoms with E-state index in [4.69, 9.17) is 15.6 Å². The number of ether oxygens (including phenoxy) is 1. The predicted molar refractivity (Wildman–Crippen MR) is 77.6 cm³/mol. The summed E-state index contributed by atoms with van der Waals surface area (Å²) in [4.78, 5) is 0. The van der Waals surface area contributed by atoms with Gasteiger partial charge in [-0.3, -0.25) is 0 Å². The zero-order chi connectivity index (χ0) is 13.7. The fourth-order valence-electron chi connectivity index (χ4n) is 2.39. The third-order valence-corrected chi connectivity index (χ3v) is 3.38. The van der Waals surface area contributed by atoms with Crippen molar-refractivity contribution < 1.29 is 9.84 Å². The van der Waals surface area contributed by atoms with Crippen molar-refractivity contribution in [3.63, 3.8) is 0 Å². The quantitative estimate of drug-likeness (QED) is 0.801. The van der Waals surface area contributed by atoms with Crippen molar-refractivity contribution in [3.05, 3.63) is 30.0 Å². The summed E-state index contributed by atoms with van der Waals surface area (Å²) in [7, 11) is 1.68. The smallest absolute Gasteiger partial charge is 0.119 e. The molecular weight excluding hydrogens is 240 g/mol. The molecule has 0 unspecified atom stereocenters. The Morgan fingerprint density at radius 2 is 2.16 bits per heavy atom. The van der Waals surface area contributed by atoms with Crippen LogP contribution in [-0.2, 0) is 13.0 Å². The summed E-state index contributed by atoms with van der Waals surface area (Å²) in [5.74, 6) is 0.870. The Balaban J connectivity index is 2.40. The van der Waals surface area contributed by atoms with Crippen LogP contribution >= 0.6 is 0 Å². The zero-order valence-electron chi connectivity index (χ0n) is 11.4. The van der Waals surface area contributed by atoms with Crippen molar-refractivity contribution in [1.29, 1.82) is 0 Å². The number of aromatic nitrogens is 1. The lowest BCUT2D eigenvalue weighted by Gasteiger charge is -2.04. The number of nitrogens with two attached hydrogens (primary N) is 1. The van der Waals surface area contributed by atoms with Crippen molar-refractivity contribution in [2.45, 2.75) is 25.8 Å². The summed E-state index contributed by atoms with van der Waals surface area (Å²) >= 11 is 0. The average Bonchev–Trinajstić information content (AvgIpc) is 2.80. The SMILES string of the molecule is COc1ccc2c(c1)c(CCCO)cn2CCCN. The topological polar surface area (TPSA) is 60.4 Å². The highest BCUT2D eigenvalue weighted by molar-refractivity contribution is 5.85. The first-order valence-electron chi connectivity index (χ1n) is 6.77. The molecule has 0 saturated carbocycles. The van der Waals surface area contributed by atoms with Crippen LogP contribution in [0.25, 0.3) is 10.9 Å². The minimum absolute atomic E-state index is 0.222. The highest BCUT2D eigenvalue weighted by Crippen LogP contribution is 2.27. The summed E-state index contributed by atoms with van der Waals surface area (Å²) in [6.45, 7) is 1.85. The molecule has 1 heterocycles. The van der Waals surface area contributed by atoms with Gasteiger partial charge in [0, 0.05) is 30.3 Å². The normalized spacial score (nSPS) is 11.1. The molecule has 0 atom stereocenters. The van der Waals surface area contributed by atoms with E-state index in [-0.39, 0.29) is 6.61 Å². The fraction of sp³-hybridized carbons (Fsp3) is 0.467. The van der Waals surface area contributed by atoms with E-state index in [1.54, 1.807) is 7.11 Å². The molecule has 0 aliphatic rings. The monoisotopic (exact) mass is 262 g/mol. The lowest BCUT2D eigenvalue weighted by molar-refractivity contribution is 0.288. The Morgan fingerprint density at radius 1 is 1.32 bits per heavy atom. The zero-order valence-corrected chi connectivity index (χ0v) is 11.4. The molecule has 0 fully saturated rings. The van der Waals surface area contributed by atoms with E-state index in [9.17, 15) is 0 Å². The van der Waals surface area contributed by atoms with Crippen LogP contribution in [-0.4, -0.2) is 29.9 Å². The molecule has 1 aromatic carbocycles. The van der Waals surface area contributed by atoms with Crippen LogP contribution in [0.5, 0.6) is 5.75 Å². The first-order valence-corrected chi connectivity index (χ1v) is 6.77. The van der Waals surface area contributed by atoms with Crippen LogP contribution in [0.4, 0.5) is 0 Å². The van der Waals surface area contributed by atoms with E-state index in [2.05, 4.69) is 22.9 Å². The van der Waals surface area contributed by atoms with Crippen LogP contribution in [0, 0.1) is 0 Å². The van der Waals surface area contributed by atoms with Gasteiger partial charge < -0.3 is 20.1 Å². The minimum atomic E-state index is 0.222. The number of nitrogens with zero attached hydrogens (tertiary/aromatic N) is 1. The predicted octanol–water partition coefficient (Wildman–Crippen LogP) is 1.92. The maximum Gasteiger partial charge on any atom is 0.119 e. The number of aryl methyl sites for hydroxylation is 2. The number of hydrogen-bond donors (Lipinski definition) is 2. The standard InChI is InChI=1S/C15H22N2O2/c1-19-13-5-6-15-14(10-13)12(4-2-9-18)11-17(15)8-3-7-16/h5-6,10-11,18H,2-4,7-9,16H2,1H3. The van der Waals surface area contributed by atoms with Crippen LogP contribution in [0.2, 0.25) is 0 Å². The van der Waals surface area contributed by atoms with Crippen molar-refractivity contribution in [3.8, 4) is 5.75 Å². The number of methoxy groups -OCH3 is 1. The molecule has 4 heteroatoms. The number of aliphatic hydroxyl groups excluding tert-OH is 1. The largest absolute Gasteiger partial charge is 0.497 e. The molecule has 0 amide bonds. The van der Waals surface area contributed by atoms with E-state index >= 15 is 0 Å². The van der Waals surface area contributed by atoms with Gasteiger partial charge in [-0.15, -0.1) is 0 Å². The first kappa shape index (κ1) is 13.9. The van der Waals surface area contributed by atoms with Gasteiger partial charge in [-0.25, -0.2) is 0 Å². The highest BCUT2D eigenvalue weighted by atomic mass is 16.5. The Kier molecular flexibility index (Phi) is 4.82. The summed E-state index contributed by atoms with van der Waals surface area (Å²) in [5, 5.41) is 10.2. The molecule has 0 aliphatic heterocycles. The van der Waals surface area contributed by atoms with Gasteiger partial charge in [0.25, 0.3) is 0 Å². The molecule has 2 aromatic rings. The Bertz CT molecular complexity index is 534. The van der Waals surface area contributed by atoms with Gasteiger partial charge >= 0.3 is 0 Å². The van der Waals surface area contributed by atoms with Crippen LogP contribution < -0.4 is 10.5 Å². The highest BCUT2D eigenvalue weighted by Gasteiger charge is 2.09. The minimum Gasteiger partial charge on any atom is -0.497 e. The van der Waals surface area contributed by atoms with Crippen molar-refractivity contribution in [1.82, 2.24) is 4.57 Å². The van der Waals surface area contributed by atoms with Gasteiger partial charge in [-0.05, 0) is 49.6 Å². The van der Waals surface area contributed by atoms with Gasteiger partial charge in [0.2, 0.25) is 0 Å². The number of aliphatic hydroxyl groups is 1. The number of fused-ring (bicyclic) bond motifs is 1. The molecule has 2 rings (SSSR count). The molecule has 0 saturated heterocycles. The second-order valence-corrected chi connectivity index (χ2v) is 4.70. The van der Waals surface area contributed by atoms with Crippen LogP contribution in [0.15, 0.2) is 24.4 Å². The molecule has 19 heavy (non-hydrogen) atoms. The van der Waals surface area contributed by atoms with Crippen molar-refractivity contribution in [2.75, 3.05) is 20.3 Å². The molecule has 1 aromatic heterocycles. The number of benzene rings is 1. The first-order chi connectivity index (χ1) is 9.30. The molecule has 0 bridgehead atoms. The summed E-state index contributed by atoms with van der Waals surface area (Å²) < 4.78 is 7.54. The second kappa shape index (κ2) is 6.59. The Hall–Kier alpha value is -1.52. The average molecular weight is 262 g/mol. The van der Waals surface area contributed by atoms with E-state index in [0.717, 1.165) is 31.6 Å². The molecule has 0 radical (unpaired) electrons. The summed E-state index contributed by atoms with van der Waals surface area (Å²) in [5.41, 5.74) is 8.06. The van der Waals surface area contributed by atoms with Gasteiger partial charge in [0.15, 0.2) is 0 Å². The second-order valence-electron chi connectivity index (χ2n) is 4.70. The molecule has 0 spiro atoms. The van der Waals surface area contributed by atoms with Gasteiger partial charge in [-0.1, -0.05) is 0 Å². The maximum atomic E-state index is 9.00. The third-order valence-electron chi connectivity index (χ3n) is 3.38. The maximum absolute atomic E-state index is 9.00. The Morgan fingerprint density at radius 3 is 2.84 bits per heavy atom. The lowest BCUT2D eigenvalue weighted by Crippen LogP contribution is -2.04. The molecule has 104 valence electrons. The molecule has 0 aliphatic carbocycles. The van der Waals surface area contributed by atoms with Crippen LogP contribution in [0.1, 0.15) is 18.4 Å². The van der Waals surface area contributed by atoms with Crippen molar-refractivity contribution in [2.24, 2.45) is 5.73 Å². The van der Waals surface area contributed by atoms with Gasteiger partial charge in [0.05, 0.1) is 7.11 Å². The number of hydrogen-bond acceptors (Lipinski definition) is 3. The summed E-state index contributed by atoms with van der Waals surface area (Å²) in [6, 6.07) is 6.14. The summed E-state index contributed by atoms with van der Waals surface area (Å²) in [6.07, 6.45) is 4.81. The Labute approximate surface area is 113 Å². The van der Waals surface area contributed by atoms with Gasteiger partial charge in [-0.2, -0.15) is 0 Å². The number of rotatable bonds is 7.